The van der Waals surface area contributed by atoms with Crippen LogP contribution in [0.25, 0.3) is 10.9 Å². The van der Waals surface area contributed by atoms with Crippen LogP contribution in [0.2, 0.25) is 10.0 Å². The predicted molar refractivity (Wildman–Crippen MR) is 112 cm³/mol. The first-order valence-corrected chi connectivity index (χ1v) is 9.08. The van der Waals surface area contributed by atoms with Crippen molar-refractivity contribution < 1.29 is 15.4 Å². The van der Waals surface area contributed by atoms with Gasteiger partial charge in [-0.05, 0) is 36.4 Å². The molecule has 152 valence electrons. The number of nitrogens with zero attached hydrogens (tertiary/aromatic N) is 2. The summed E-state index contributed by atoms with van der Waals surface area (Å²) in [5.41, 5.74) is 0.858. The number of likely N-dealkylation sites (N-methyl/N-ethyl adjacent to an activating group) is 1. The first kappa shape index (κ1) is 20.6. The maximum Gasteiger partial charge on any atom is 0.422 e. The Kier molecular flexibility index (Phi) is 5.76. The van der Waals surface area contributed by atoms with Crippen molar-refractivity contribution in [3.8, 4) is 0 Å². The molecule has 2 aromatic carbocycles. The number of nitrogens with one attached hydrogen (secondary N) is 1. The fourth-order valence-electron chi connectivity index (χ4n) is 2.75. The summed E-state index contributed by atoms with van der Waals surface area (Å²) in [7, 11) is 3.16. The van der Waals surface area contributed by atoms with Crippen LogP contribution in [0.4, 0.5) is 5.69 Å². The number of anilines is 1. The third-order valence-electron chi connectivity index (χ3n) is 4.33. The highest BCUT2D eigenvalue weighted by Crippen LogP contribution is 2.25. The van der Waals surface area contributed by atoms with Crippen LogP contribution in [-0.4, -0.2) is 30.0 Å². The molecule has 0 radical (unpaired) electrons. The molecule has 10 heteroatoms. The first-order chi connectivity index (χ1) is 13.7. The minimum Gasteiger partial charge on any atom is -0.372 e. The zero-order valence-electron chi connectivity index (χ0n) is 15.4. The van der Waals surface area contributed by atoms with E-state index in [4.69, 9.17) is 23.2 Å². The standard InChI is InChI=1S/C10H9ClN2O2.C9H6ClNO3.H2/c1-13-8-3-2-6(11)4-7(8)10(15)12-5-9(13)14;1-11-7-3-2-5(10)4-6(7)8(12)14-9(11)13;/h2-4H,5H2,1H3,(H,12,15);2-4H,1H3;1H/i;;1+1. The Balaban J connectivity index is 0.000000207. The summed E-state index contributed by atoms with van der Waals surface area (Å²) in [6.45, 7) is 0.0155. The van der Waals surface area contributed by atoms with Crippen molar-refractivity contribution in [1.82, 2.24) is 9.88 Å². The molecular formula is C19H17Cl2N3O5. The molecule has 1 N–H and O–H groups in total. The molecule has 0 atom stereocenters. The van der Waals surface area contributed by atoms with Crippen LogP contribution >= 0.6 is 23.2 Å². The molecule has 3 aromatic rings. The van der Waals surface area contributed by atoms with Crippen molar-refractivity contribution in [3.63, 3.8) is 0 Å². The van der Waals surface area contributed by atoms with Gasteiger partial charge in [0.2, 0.25) is 5.91 Å². The van der Waals surface area contributed by atoms with Crippen molar-refractivity contribution in [2.75, 3.05) is 18.5 Å². The van der Waals surface area contributed by atoms with Gasteiger partial charge in [0.05, 0.1) is 28.7 Å². The lowest BCUT2D eigenvalue weighted by atomic mass is 10.1. The third kappa shape index (κ3) is 4.18. The molecule has 29 heavy (non-hydrogen) atoms. The number of halogens is 2. The zero-order chi connectivity index (χ0) is 21.3. The largest absolute Gasteiger partial charge is 0.422 e. The summed E-state index contributed by atoms with van der Waals surface area (Å²) in [5, 5.41) is 3.74. The Morgan fingerprint density at radius 3 is 2.38 bits per heavy atom. The summed E-state index contributed by atoms with van der Waals surface area (Å²) in [6.07, 6.45) is 0. The molecule has 0 spiro atoms. The second-order valence-electron chi connectivity index (χ2n) is 6.17. The zero-order valence-corrected chi connectivity index (χ0v) is 16.9. The van der Waals surface area contributed by atoms with Crippen LogP contribution in [0.3, 0.4) is 0 Å². The molecule has 0 fully saturated rings. The fraction of sp³-hybridized carbons (Fsp3) is 0.158. The van der Waals surface area contributed by atoms with Crippen LogP contribution in [0.5, 0.6) is 0 Å². The van der Waals surface area contributed by atoms with Gasteiger partial charge in [-0.15, -0.1) is 0 Å². The van der Waals surface area contributed by atoms with Crippen molar-refractivity contribution in [2.24, 2.45) is 7.05 Å². The highest BCUT2D eigenvalue weighted by molar-refractivity contribution is 6.31. The van der Waals surface area contributed by atoms with Gasteiger partial charge < -0.3 is 14.6 Å². The minimum absolute atomic E-state index is 0. The third-order valence-corrected chi connectivity index (χ3v) is 4.80. The molecule has 0 saturated carbocycles. The van der Waals surface area contributed by atoms with E-state index in [1.165, 1.54) is 22.6 Å². The number of amides is 2. The van der Waals surface area contributed by atoms with E-state index in [0.717, 1.165) is 0 Å². The lowest BCUT2D eigenvalue weighted by molar-refractivity contribution is -0.117. The van der Waals surface area contributed by atoms with E-state index in [0.29, 0.717) is 32.2 Å². The average molecular weight is 439 g/mol. The van der Waals surface area contributed by atoms with Gasteiger partial charge in [-0.3, -0.25) is 14.2 Å². The fourth-order valence-corrected chi connectivity index (χ4v) is 3.10. The van der Waals surface area contributed by atoms with Gasteiger partial charge >= 0.3 is 11.4 Å². The summed E-state index contributed by atoms with van der Waals surface area (Å²) in [6, 6.07) is 9.57. The van der Waals surface area contributed by atoms with E-state index in [-0.39, 0.29) is 19.8 Å². The van der Waals surface area contributed by atoms with Gasteiger partial charge in [0.1, 0.15) is 0 Å². The Morgan fingerprint density at radius 1 is 1.00 bits per heavy atom. The molecular weight excluding hydrogens is 421 g/mol. The minimum atomic E-state index is -0.676. The number of aryl methyl sites for hydroxylation is 1. The molecule has 4 rings (SSSR count). The van der Waals surface area contributed by atoms with Crippen LogP contribution in [0, 0.1) is 0 Å². The molecule has 0 bridgehead atoms. The smallest absolute Gasteiger partial charge is 0.372 e. The van der Waals surface area contributed by atoms with E-state index in [1.807, 2.05) is 0 Å². The number of aromatic nitrogens is 1. The van der Waals surface area contributed by atoms with Crippen LogP contribution in [0.1, 0.15) is 11.8 Å². The first-order valence-electron chi connectivity index (χ1n) is 8.32. The van der Waals surface area contributed by atoms with Gasteiger partial charge in [0, 0.05) is 25.6 Å². The van der Waals surface area contributed by atoms with Gasteiger partial charge in [-0.2, -0.15) is 0 Å². The normalized spacial score (nSPS) is 13.3. The summed E-state index contributed by atoms with van der Waals surface area (Å²) in [4.78, 5) is 46.9. The number of fused-ring (bicyclic) bond motifs is 2. The van der Waals surface area contributed by atoms with Crippen LogP contribution < -0.4 is 21.6 Å². The lowest BCUT2D eigenvalue weighted by Crippen LogP contribution is -2.33. The Morgan fingerprint density at radius 2 is 1.66 bits per heavy atom. The van der Waals surface area contributed by atoms with Gasteiger partial charge in [-0.1, -0.05) is 23.2 Å². The van der Waals surface area contributed by atoms with Gasteiger partial charge in [-0.25, -0.2) is 9.59 Å². The van der Waals surface area contributed by atoms with Crippen molar-refractivity contribution in [2.45, 2.75) is 0 Å². The summed E-state index contributed by atoms with van der Waals surface area (Å²) >= 11 is 11.5. The van der Waals surface area contributed by atoms with E-state index in [2.05, 4.69) is 9.73 Å². The topological polar surface area (TPSA) is 102 Å². The molecule has 2 heterocycles. The molecule has 0 aliphatic carbocycles. The monoisotopic (exact) mass is 438 g/mol. The highest BCUT2D eigenvalue weighted by Gasteiger charge is 2.23. The van der Waals surface area contributed by atoms with E-state index in [9.17, 15) is 19.2 Å². The summed E-state index contributed by atoms with van der Waals surface area (Å²) in [5.74, 6) is -1.10. The Labute approximate surface area is 175 Å². The van der Waals surface area contributed by atoms with Crippen molar-refractivity contribution >= 4 is 51.6 Å². The molecule has 1 aliphatic rings. The Hall–Kier alpha value is -3.10. The van der Waals surface area contributed by atoms with Gasteiger partial charge in [0.15, 0.2) is 0 Å². The van der Waals surface area contributed by atoms with Gasteiger partial charge in [0.25, 0.3) is 5.91 Å². The van der Waals surface area contributed by atoms with Crippen molar-refractivity contribution in [3.05, 3.63) is 73.0 Å². The number of rotatable bonds is 0. The lowest BCUT2D eigenvalue weighted by Gasteiger charge is -2.15. The predicted octanol–water partition coefficient (Wildman–Crippen LogP) is 2.44. The number of hydrogen-bond donors (Lipinski definition) is 1. The molecule has 2 amide bonds. The molecule has 1 aliphatic heterocycles. The van der Waals surface area contributed by atoms with E-state index in [1.54, 1.807) is 37.4 Å². The second kappa shape index (κ2) is 8.10. The van der Waals surface area contributed by atoms with E-state index >= 15 is 0 Å². The average Bonchev–Trinajstić information content (AvgIpc) is 2.79. The Bertz CT molecular complexity index is 1260. The maximum absolute atomic E-state index is 11.6. The molecule has 1 aromatic heterocycles. The molecule has 0 saturated heterocycles. The van der Waals surface area contributed by atoms with Crippen molar-refractivity contribution in [1.29, 1.82) is 0 Å². The number of carbonyl (C=O) groups is 2. The number of hydrogen-bond acceptors (Lipinski definition) is 5. The maximum atomic E-state index is 11.6. The highest BCUT2D eigenvalue weighted by atomic mass is 35.5. The number of carbonyl (C=O) groups excluding carboxylic acids is 2. The number of benzene rings is 2. The van der Waals surface area contributed by atoms with E-state index < -0.39 is 11.4 Å². The van der Waals surface area contributed by atoms with Crippen LogP contribution in [0.15, 0.2) is 50.4 Å². The molecule has 0 unspecified atom stereocenters. The summed E-state index contributed by atoms with van der Waals surface area (Å²) < 4.78 is 5.73. The SMILES string of the molecule is CN1C(=O)CNC(=O)c2cc(Cl)ccc21.Cn1c(=O)oc(=O)c2cc(Cl)ccc21.[2HH]. The second-order valence-corrected chi connectivity index (χ2v) is 7.05. The molecule has 8 nitrogen and oxygen atoms in total. The van der Waals surface area contributed by atoms with Crippen LogP contribution in [-0.2, 0) is 11.8 Å². The quantitative estimate of drug-likeness (QED) is 0.580.